The van der Waals surface area contributed by atoms with Crippen LogP contribution in [-0.4, -0.2) is 15.6 Å². The lowest BCUT2D eigenvalue weighted by Gasteiger charge is -2.21. The molecule has 1 aromatic rings. The molecule has 0 spiro atoms. The van der Waals surface area contributed by atoms with Crippen LogP contribution in [0.2, 0.25) is 6.04 Å². The van der Waals surface area contributed by atoms with Crippen LogP contribution in [0.3, 0.4) is 0 Å². The van der Waals surface area contributed by atoms with Crippen LogP contribution in [0.5, 0.6) is 0 Å². The van der Waals surface area contributed by atoms with Crippen molar-refractivity contribution in [2.45, 2.75) is 31.1 Å². The van der Waals surface area contributed by atoms with Crippen molar-refractivity contribution in [1.29, 1.82) is 0 Å². The maximum absolute atomic E-state index is 12.8. The first kappa shape index (κ1) is 12.6. The fourth-order valence-corrected chi connectivity index (χ4v) is 4.25. The van der Waals surface area contributed by atoms with Gasteiger partial charge in [-0.25, -0.2) is 0 Å². The van der Waals surface area contributed by atoms with Crippen molar-refractivity contribution in [3.8, 4) is 0 Å². The molecule has 5 heteroatoms. The second kappa shape index (κ2) is 5.22. The summed E-state index contributed by atoms with van der Waals surface area (Å²) in [5.41, 5.74) is -0.123. The zero-order chi connectivity index (χ0) is 12.3. The fraction of sp³-hybridized carbons (Fsp3) is 0.500. The van der Waals surface area contributed by atoms with E-state index in [1.165, 1.54) is 6.07 Å². The molecule has 17 heavy (non-hydrogen) atoms. The van der Waals surface area contributed by atoms with Crippen LogP contribution in [0.15, 0.2) is 24.3 Å². The molecule has 0 bridgehead atoms. The molecule has 1 radical (unpaired) electrons. The first-order valence-electron chi connectivity index (χ1n) is 5.70. The zero-order valence-electron chi connectivity index (χ0n) is 9.39. The molecule has 0 N–H and O–H groups in total. The van der Waals surface area contributed by atoms with Crippen LogP contribution >= 0.6 is 0 Å². The van der Waals surface area contributed by atoms with Crippen molar-refractivity contribution >= 4 is 9.04 Å². The molecule has 0 unspecified atom stereocenters. The smallest absolute Gasteiger partial charge is 0.416 e. The first-order chi connectivity index (χ1) is 8.07. The number of hydrogen-bond donors (Lipinski definition) is 0. The summed E-state index contributed by atoms with van der Waals surface area (Å²) in [6.07, 6.45) is -2.13. The lowest BCUT2D eigenvalue weighted by molar-refractivity contribution is -0.138. The number of halogens is 3. The van der Waals surface area contributed by atoms with Gasteiger partial charge in [-0.1, -0.05) is 24.6 Å². The zero-order valence-corrected chi connectivity index (χ0v) is 10.4. The summed E-state index contributed by atoms with van der Waals surface area (Å²) in [5.74, 6) is 0. The van der Waals surface area contributed by atoms with E-state index < -0.39 is 20.8 Å². The molecule has 0 aromatic heterocycles. The number of benzene rings is 1. The van der Waals surface area contributed by atoms with E-state index in [1.54, 1.807) is 12.1 Å². The minimum Gasteiger partial charge on any atom is -0.416 e. The van der Waals surface area contributed by atoms with Gasteiger partial charge in [-0.05, 0) is 30.1 Å². The SMILES string of the molecule is FC(F)(F)c1ccccc1C[Si]1CCCCO1. The van der Waals surface area contributed by atoms with E-state index >= 15 is 0 Å². The predicted molar refractivity (Wildman–Crippen MR) is 60.9 cm³/mol. The molecule has 1 nitrogen and oxygen atoms in total. The Morgan fingerprint density at radius 2 is 1.94 bits per heavy atom. The summed E-state index contributed by atoms with van der Waals surface area (Å²) in [7, 11) is -1.08. The number of alkyl halides is 3. The summed E-state index contributed by atoms with van der Waals surface area (Å²) >= 11 is 0. The van der Waals surface area contributed by atoms with Crippen LogP contribution in [0.4, 0.5) is 13.2 Å². The molecule has 0 saturated carbocycles. The van der Waals surface area contributed by atoms with Gasteiger partial charge in [0.2, 0.25) is 9.04 Å². The number of hydrogen-bond acceptors (Lipinski definition) is 1. The summed E-state index contributed by atoms with van der Waals surface area (Å²) < 4.78 is 43.9. The molecule has 1 aliphatic heterocycles. The monoisotopic (exact) mass is 259 g/mol. The van der Waals surface area contributed by atoms with Gasteiger partial charge in [0.25, 0.3) is 0 Å². The highest BCUT2D eigenvalue weighted by atomic mass is 28.3. The molecule has 0 atom stereocenters. The van der Waals surface area contributed by atoms with E-state index in [-0.39, 0.29) is 0 Å². The molecule has 0 aliphatic carbocycles. The lowest BCUT2D eigenvalue weighted by atomic mass is 10.1. The standard InChI is InChI=1S/C12H14F3OSi/c13-12(14,15)11-6-2-1-5-10(11)9-17-8-4-3-7-16-17/h1-2,5-6H,3-4,7-9H2. The average Bonchev–Trinajstić information content (AvgIpc) is 2.30. The van der Waals surface area contributed by atoms with E-state index in [0.29, 0.717) is 18.2 Å². The van der Waals surface area contributed by atoms with E-state index in [2.05, 4.69) is 0 Å². The molecule has 0 amide bonds. The average molecular weight is 259 g/mol. The highest BCUT2D eigenvalue weighted by Gasteiger charge is 2.33. The Morgan fingerprint density at radius 1 is 1.18 bits per heavy atom. The Kier molecular flexibility index (Phi) is 3.88. The van der Waals surface area contributed by atoms with Crippen molar-refractivity contribution in [1.82, 2.24) is 0 Å². The van der Waals surface area contributed by atoms with Crippen LogP contribution in [0.1, 0.15) is 24.0 Å². The van der Waals surface area contributed by atoms with E-state index in [9.17, 15) is 13.2 Å². The summed E-state index contributed by atoms with van der Waals surface area (Å²) in [6.45, 7) is 0.711. The van der Waals surface area contributed by atoms with Crippen molar-refractivity contribution in [2.75, 3.05) is 6.61 Å². The van der Waals surface area contributed by atoms with Crippen LogP contribution in [0.25, 0.3) is 0 Å². The largest absolute Gasteiger partial charge is 0.416 e. The Hall–Kier alpha value is -0.813. The minimum atomic E-state index is -4.26. The third-order valence-corrected chi connectivity index (χ3v) is 5.17. The fourth-order valence-electron chi connectivity index (χ4n) is 2.02. The van der Waals surface area contributed by atoms with Gasteiger partial charge < -0.3 is 4.43 Å². The van der Waals surface area contributed by atoms with E-state index in [0.717, 1.165) is 25.0 Å². The topological polar surface area (TPSA) is 9.23 Å². The summed E-state index contributed by atoms with van der Waals surface area (Å²) in [4.78, 5) is 0. The van der Waals surface area contributed by atoms with Gasteiger partial charge in [-0.15, -0.1) is 0 Å². The second-order valence-electron chi connectivity index (χ2n) is 4.18. The van der Waals surface area contributed by atoms with Crippen molar-refractivity contribution in [3.63, 3.8) is 0 Å². The molecule has 2 rings (SSSR count). The summed E-state index contributed by atoms with van der Waals surface area (Å²) in [6, 6.07) is 7.23. The van der Waals surface area contributed by atoms with E-state index in [4.69, 9.17) is 4.43 Å². The second-order valence-corrected chi connectivity index (χ2v) is 6.40. The third kappa shape index (κ3) is 3.32. The van der Waals surface area contributed by atoms with Crippen LogP contribution in [0, 0.1) is 0 Å². The number of rotatable bonds is 2. The molecule has 1 heterocycles. The Morgan fingerprint density at radius 3 is 2.59 bits per heavy atom. The van der Waals surface area contributed by atoms with Crippen molar-refractivity contribution < 1.29 is 17.6 Å². The van der Waals surface area contributed by atoms with Crippen LogP contribution < -0.4 is 0 Å². The Labute approximate surface area is 100 Å². The maximum atomic E-state index is 12.8. The van der Waals surface area contributed by atoms with Crippen molar-refractivity contribution in [2.24, 2.45) is 0 Å². The van der Waals surface area contributed by atoms with Crippen molar-refractivity contribution in [3.05, 3.63) is 35.4 Å². The molecule has 1 aromatic carbocycles. The molecule has 1 fully saturated rings. The Balaban J connectivity index is 2.14. The third-order valence-electron chi connectivity index (χ3n) is 2.87. The molecular weight excluding hydrogens is 245 g/mol. The highest BCUT2D eigenvalue weighted by molar-refractivity contribution is 6.51. The normalized spacial score (nSPS) is 18.3. The lowest BCUT2D eigenvalue weighted by Crippen LogP contribution is -2.27. The molecule has 1 saturated heterocycles. The molecule has 1 aliphatic rings. The van der Waals surface area contributed by atoms with Crippen LogP contribution in [-0.2, 0) is 16.6 Å². The van der Waals surface area contributed by atoms with E-state index in [1.807, 2.05) is 0 Å². The van der Waals surface area contributed by atoms with Gasteiger partial charge in [0.05, 0.1) is 5.56 Å². The summed E-state index contributed by atoms with van der Waals surface area (Å²) in [5, 5.41) is 0. The maximum Gasteiger partial charge on any atom is 0.416 e. The van der Waals surface area contributed by atoms with Gasteiger partial charge in [-0.3, -0.25) is 0 Å². The van der Waals surface area contributed by atoms with Gasteiger partial charge in [0.15, 0.2) is 0 Å². The highest BCUT2D eigenvalue weighted by Crippen LogP contribution is 2.32. The molecular formula is C12H14F3OSi. The molecule has 93 valence electrons. The van der Waals surface area contributed by atoms with Gasteiger partial charge in [-0.2, -0.15) is 13.2 Å². The quantitative estimate of drug-likeness (QED) is 0.737. The minimum absolute atomic E-state index is 0.385. The predicted octanol–water partition coefficient (Wildman–Crippen LogP) is 3.59. The van der Waals surface area contributed by atoms with Gasteiger partial charge in [0.1, 0.15) is 0 Å². The van der Waals surface area contributed by atoms with Gasteiger partial charge >= 0.3 is 6.18 Å². The van der Waals surface area contributed by atoms with Gasteiger partial charge in [0, 0.05) is 6.61 Å². The first-order valence-corrected chi connectivity index (χ1v) is 7.52. The Bertz CT molecular complexity index is 372.